The Morgan fingerprint density at radius 3 is 1.88 bits per heavy atom. The summed E-state index contributed by atoms with van der Waals surface area (Å²) in [6.07, 6.45) is 0. The first-order valence-electron chi connectivity index (χ1n) is 2.47. The minimum atomic E-state index is -1.22. The zero-order chi connectivity index (χ0) is 6.78. The second-order valence-corrected chi connectivity index (χ2v) is 7.39. The molecule has 2 nitrogen and oxygen atoms in total. The summed E-state index contributed by atoms with van der Waals surface area (Å²) in [5.74, 6) is 0. The molecule has 1 N–H and O–H groups in total. The molecule has 0 saturated carbocycles. The van der Waals surface area contributed by atoms with Crippen molar-refractivity contribution in [1.82, 2.24) is 9.76 Å². The monoisotopic (exact) mass is 153 g/mol. The molecule has 0 radical (unpaired) electrons. The van der Waals surface area contributed by atoms with Crippen LogP contribution in [0.25, 0.3) is 0 Å². The quantitative estimate of drug-likeness (QED) is 0.456. The minimum absolute atomic E-state index is 1.22. The number of rotatable bonds is 2. The van der Waals surface area contributed by atoms with Crippen LogP contribution in [0, 0.1) is 0 Å². The summed E-state index contributed by atoms with van der Waals surface area (Å²) < 4.78 is 2.11. The molecule has 1 atom stereocenters. The van der Waals surface area contributed by atoms with Gasteiger partial charge in [0.1, 0.15) is 0 Å². The van der Waals surface area contributed by atoms with E-state index >= 15 is 0 Å². The zero-order valence-electron chi connectivity index (χ0n) is 5.84. The second kappa shape index (κ2) is 3.02. The first-order chi connectivity index (χ1) is 3.50. The van der Waals surface area contributed by atoms with E-state index < -0.39 is 6.77 Å². The molecule has 50 valence electrons. The molecular formula is C4H14N2PS+. The Bertz CT molecular complexity index is 74.4. The van der Waals surface area contributed by atoms with Crippen molar-refractivity contribution in [1.29, 1.82) is 0 Å². The van der Waals surface area contributed by atoms with Gasteiger partial charge in [0.2, 0.25) is 6.77 Å². The molecule has 0 aromatic heterocycles. The summed E-state index contributed by atoms with van der Waals surface area (Å²) >= 11 is 4.41. The molecule has 0 aromatic rings. The van der Waals surface area contributed by atoms with E-state index in [1.165, 1.54) is 0 Å². The van der Waals surface area contributed by atoms with Crippen LogP contribution in [0.3, 0.4) is 0 Å². The van der Waals surface area contributed by atoms with Crippen molar-refractivity contribution < 1.29 is 0 Å². The highest BCUT2D eigenvalue weighted by atomic mass is 32.7. The van der Waals surface area contributed by atoms with E-state index in [1.807, 2.05) is 21.1 Å². The fourth-order valence-corrected chi connectivity index (χ4v) is 0.600. The standard InChI is InChI=1S/C4H14N2PS/c1-5-7(4,8)6(2)3/h5,8H,1-4H3/q+1. The zero-order valence-corrected chi connectivity index (χ0v) is 7.63. The van der Waals surface area contributed by atoms with Gasteiger partial charge in [0.05, 0.1) is 6.66 Å². The molecule has 0 rings (SSSR count). The Morgan fingerprint density at radius 2 is 1.88 bits per heavy atom. The molecule has 0 aliphatic carbocycles. The maximum absolute atomic E-state index is 4.41. The Balaban J connectivity index is 3.71. The predicted molar refractivity (Wildman–Crippen MR) is 44.6 cm³/mol. The van der Waals surface area contributed by atoms with Gasteiger partial charge in [0.25, 0.3) is 0 Å². The molecule has 0 fully saturated rings. The normalized spacial score (nSPS) is 18.8. The van der Waals surface area contributed by atoms with Gasteiger partial charge in [-0.3, -0.25) is 0 Å². The van der Waals surface area contributed by atoms with Crippen molar-refractivity contribution in [3.05, 3.63) is 0 Å². The molecule has 0 amide bonds. The van der Waals surface area contributed by atoms with Gasteiger partial charge >= 0.3 is 0 Å². The summed E-state index contributed by atoms with van der Waals surface area (Å²) in [7, 11) is 5.98. The van der Waals surface area contributed by atoms with Gasteiger partial charge in [-0.1, -0.05) is 0 Å². The van der Waals surface area contributed by atoms with Gasteiger partial charge in [0, 0.05) is 33.4 Å². The van der Waals surface area contributed by atoms with E-state index in [-0.39, 0.29) is 0 Å². The highest BCUT2D eigenvalue weighted by Gasteiger charge is 2.27. The van der Waals surface area contributed by atoms with Crippen molar-refractivity contribution >= 4 is 19.0 Å². The minimum Gasteiger partial charge on any atom is -0.170 e. The molecule has 0 heterocycles. The number of nitrogens with one attached hydrogen (secondary N) is 1. The molecule has 4 heteroatoms. The van der Waals surface area contributed by atoms with Crippen LogP contribution in [-0.4, -0.2) is 32.5 Å². The lowest BCUT2D eigenvalue weighted by Gasteiger charge is -2.20. The van der Waals surface area contributed by atoms with Crippen molar-refractivity contribution in [3.8, 4) is 0 Å². The van der Waals surface area contributed by atoms with Gasteiger partial charge in [0.15, 0.2) is 0 Å². The van der Waals surface area contributed by atoms with Crippen LogP contribution in [0.15, 0.2) is 0 Å². The molecule has 0 aliphatic heterocycles. The fraction of sp³-hybridized carbons (Fsp3) is 1.00. The van der Waals surface area contributed by atoms with Gasteiger partial charge in [-0.15, -0.1) is 0 Å². The molecule has 1 unspecified atom stereocenters. The van der Waals surface area contributed by atoms with E-state index in [0.29, 0.717) is 0 Å². The summed E-state index contributed by atoms with van der Waals surface area (Å²) in [5, 5.41) is 3.14. The van der Waals surface area contributed by atoms with Gasteiger partial charge in [-0.05, 0) is 0 Å². The Morgan fingerprint density at radius 1 is 1.50 bits per heavy atom. The van der Waals surface area contributed by atoms with Crippen LogP contribution in [0.5, 0.6) is 0 Å². The Labute approximate surface area is 57.2 Å². The molecule has 0 aliphatic rings. The molecular weight excluding hydrogens is 139 g/mol. The van der Waals surface area contributed by atoms with Crippen molar-refractivity contribution in [3.63, 3.8) is 0 Å². The third-order valence-corrected chi connectivity index (χ3v) is 5.28. The van der Waals surface area contributed by atoms with Crippen molar-refractivity contribution in [2.24, 2.45) is 0 Å². The fourth-order valence-electron chi connectivity index (χ4n) is 0.200. The third kappa shape index (κ3) is 2.31. The maximum Gasteiger partial charge on any atom is 0.203 e. The third-order valence-electron chi connectivity index (χ3n) is 1.20. The van der Waals surface area contributed by atoms with Crippen LogP contribution < -0.4 is 5.09 Å². The summed E-state index contributed by atoms with van der Waals surface area (Å²) in [6.45, 7) is 0.890. The number of hydrogen-bond acceptors (Lipinski definition) is 3. The smallest absolute Gasteiger partial charge is 0.170 e. The van der Waals surface area contributed by atoms with E-state index in [2.05, 4.69) is 28.7 Å². The van der Waals surface area contributed by atoms with E-state index in [9.17, 15) is 0 Å². The maximum atomic E-state index is 4.41. The molecule has 0 aromatic carbocycles. The molecule has 8 heavy (non-hydrogen) atoms. The number of thiol groups is 1. The second-order valence-electron chi connectivity index (χ2n) is 1.98. The Kier molecular flexibility index (Phi) is 3.28. The molecule has 0 bridgehead atoms. The van der Waals surface area contributed by atoms with Crippen LogP contribution in [-0.2, 0) is 0 Å². The van der Waals surface area contributed by atoms with E-state index in [4.69, 9.17) is 0 Å². The van der Waals surface area contributed by atoms with Gasteiger partial charge in [-0.2, -0.15) is 9.76 Å². The van der Waals surface area contributed by atoms with E-state index in [1.54, 1.807) is 0 Å². The lowest BCUT2D eigenvalue weighted by molar-refractivity contribution is 0.667. The average Bonchev–Trinajstić information content (AvgIpc) is 1.67. The summed E-state index contributed by atoms with van der Waals surface area (Å²) in [6, 6.07) is 0. The molecule has 0 spiro atoms. The lowest BCUT2D eigenvalue weighted by atomic mass is 11.3. The predicted octanol–water partition coefficient (Wildman–Crippen LogP) is 1.09. The van der Waals surface area contributed by atoms with E-state index in [0.717, 1.165) is 0 Å². The van der Waals surface area contributed by atoms with Gasteiger partial charge in [-0.25, -0.2) is 0 Å². The largest absolute Gasteiger partial charge is 0.203 e. The average molecular weight is 153 g/mol. The van der Waals surface area contributed by atoms with Crippen LogP contribution >= 0.6 is 19.0 Å². The first kappa shape index (κ1) is 8.70. The lowest BCUT2D eigenvalue weighted by Crippen LogP contribution is -2.19. The number of hydrogen-bond donors (Lipinski definition) is 2. The van der Waals surface area contributed by atoms with Crippen LogP contribution in [0.1, 0.15) is 0 Å². The SMILES string of the molecule is CN[P+](C)(S)N(C)C. The highest BCUT2D eigenvalue weighted by molar-refractivity contribution is 8.51. The summed E-state index contributed by atoms with van der Waals surface area (Å²) in [4.78, 5) is 0. The van der Waals surface area contributed by atoms with Crippen molar-refractivity contribution in [2.75, 3.05) is 27.8 Å². The van der Waals surface area contributed by atoms with Crippen LogP contribution in [0.2, 0.25) is 0 Å². The topological polar surface area (TPSA) is 15.3 Å². The van der Waals surface area contributed by atoms with Crippen LogP contribution in [0.4, 0.5) is 0 Å². The van der Waals surface area contributed by atoms with Crippen molar-refractivity contribution in [2.45, 2.75) is 0 Å². The number of nitrogens with zero attached hydrogens (tertiary/aromatic N) is 1. The highest BCUT2D eigenvalue weighted by Crippen LogP contribution is 2.56. The van der Waals surface area contributed by atoms with Gasteiger partial charge < -0.3 is 0 Å². The molecule has 0 saturated heterocycles. The Hall–Kier alpha value is 0.700. The first-order valence-corrected chi connectivity index (χ1v) is 5.81. The summed E-state index contributed by atoms with van der Waals surface area (Å²) in [5.41, 5.74) is 0.